The van der Waals surface area contributed by atoms with Gasteiger partial charge in [-0.15, -0.1) is 0 Å². The van der Waals surface area contributed by atoms with E-state index in [9.17, 15) is 0 Å². The Morgan fingerprint density at radius 2 is 1.53 bits per heavy atom. The topological polar surface area (TPSA) is 30.5 Å². The lowest BCUT2D eigenvalue weighted by Crippen LogP contribution is -2.51. The van der Waals surface area contributed by atoms with Crippen LogP contribution in [0.3, 0.4) is 0 Å². The van der Waals surface area contributed by atoms with Gasteiger partial charge in [-0.3, -0.25) is 0 Å². The zero-order valence-corrected chi connectivity index (χ0v) is 14.8. The fourth-order valence-electron chi connectivity index (χ4n) is 1.67. The standard InChI is InChI=1S/C14H25NO2Si2/c1-16-19(6,17-2)15-14(12-18(3,4)5)13-10-8-7-9-11-13/h7-12,15H,1-6H3/b14-12+. The highest BCUT2D eigenvalue weighted by Gasteiger charge is 2.31. The van der Waals surface area contributed by atoms with Gasteiger partial charge >= 0.3 is 8.72 Å². The van der Waals surface area contributed by atoms with Gasteiger partial charge in [-0.25, -0.2) is 0 Å². The quantitative estimate of drug-likeness (QED) is 0.816. The van der Waals surface area contributed by atoms with Crippen molar-refractivity contribution in [3.63, 3.8) is 0 Å². The van der Waals surface area contributed by atoms with Crippen LogP contribution in [0.5, 0.6) is 0 Å². The molecule has 0 atom stereocenters. The Labute approximate surface area is 119 Å². The molecule has 0 aliphatic carbocycles. The molecule has 0 aliphatic heterocycles. The van der Waals surface area contributed by atoms with Crippen LogP contribution >= 0.6 is 0 Å². The van der Waals surface area contributed by atoms with Crippen LogP contribution in [0.2, 0.25) is 26.2 Å². The average molecular weight is 296 g/mol. The average Bonchev–Trinajstić information content (AvgIpc) is 2.37. The second-order valence-corrected chi connectivity index (χ2v) is 13.7. The van der Waals surface area contributed by atoms with Gasteiger partial charge in [0.05, 0.1) is 8.07 Å². The Morgan fingerprint density at radius 3 is 1.95 bits per heavy atom. The highest BCUT2D eigenvalue weighted by atomic mass is 28.4. The maximum atomic E-state index is 5.53. The smallest absolute Gasteiger partial charge is 0.382 e. The predicted octanol–water partition coefficient (Wildman–Crippen LogP) is 3.36. The van der Waals surface area contributed by atoms with E-state index in [4.69, 9.17) is 8.85 Å². The summed E-state index contributed by atoms with van der Waals surface area (Å²) in [6, 6.07) is 10.3. The van der Waals surface area contributed by atoms with Gasteiger partial charge in [0.15, 0.2) is 0 Å². The summed E-state index contributed by atoms with van der Waals surface area (Å²) in [5, 5.41) is 0. The molecule has 0 radical (unpaired) electrons. The zero-order chi connectivity index (χ0) is 14.5. The maximum Gasteiger partial charge on any atom is 0.453 e. The molecule has 0 aromatic heterocycles. The first-order chi connectivity index (χ1) is 8.79. The van der Waals surface area contributed by atoms with Gasteiger partial charge in [0.1, 0.15) is 0 Å². The summed E-state index contributed by atoms with van der Waals surface area (Å²) in [7, 11) is -0.292. The molecule has 1 aromatic carbocycles. The Bertz CT molecular complexity index is 423. The molecule has 0 fully saturated rings. The van der Waals surface area contributed by atoms with Gasteiger partial charge in [-0.05, 0) is 12.1 Å². The summed E-state index contributed by atoms with van der Waals surface area (Å²) in [5.74, 6) is 0. The van der Waals surface area contributed by atoms with Crippen molar-refractivity contribution < 1.29 is 8.85 Å². The van der Waals surface area contributed by atoms with Crippen LogP contribution in [0.4, 0.5) is 0 Å². The van der Waals surface area contributed by atoms with Crippen molar-refractivity contribution in [3.05, 3.63) is 41.6 Å². The Hall–Kier alpha value is -0.886. The number of rotatable bonds is 6. The lowest BCUT2D eigenvalue weighted by Gasteiger charge is -2.27. The molecule has 0 amide bonds. The molecule has 19 heavy (non-hydrogen) atoms. The van der Waals surface area contributed by atoms with E-state index in [1.807, 2.05) is 24.7 Å². The van der Waals surface area contributed by atoms with Gasteiger partial charge in [-0.2, -0.15) is 0 Å². The third-order valence-corrected chi connectivity index (χ3v) is 6.24. The molecule has 0 bridgehead atoms. The van der Waals surface area contributed by atoms with E-state index in [1.54, 1.807) is 14.2 Å². The molecule has 5 heteroatoms. The van der Waals surface area contributed by atoms with E-state index in [1.165, 1.54) is 5.56 Å². The molecule has 1 rings (SSSR count). The second kappa shape index (κ2) is 6.52. The van der Waals surface area contributed by atoms with Gasteiger partial charge in [0.2, 0.25) is 0 Å². The Balaban J connectivity index is 3.12. The highest BCUT2D eigenvalue weighted by Crippen LogP contribution is 2.18. The molecule has 0 unspecified atom stereocenters. The van der Waals surface area contributed by atoms with Crippen molar-refractivity contribution in [2.45, 2.75) is 26.2 Å². The number of hydrogen-bond acceptors (Lipinski definition) is 3. The van der Waals surface area contributed by atoms with Gasteiger partial charge in [0, 0.05) is 19.9 Å². The molecule has 1 aromatic rings. The lowest BCUT2D eigenvalue weighted by molar-refractivity contribution is 0.243. The van der Waals surface area contributed by atoms with Crippen molar-refractivity contribution >= 4 is 22.5 Å². The molecule has 1 N–H and O–H groups in total. The van der Waals surface area contributed by atoms with Gasteiger partial charge in [-0.1, -0.05) is 55.7 Å². The maximum absolute atomic E-state index is 5.53. The fraction of sp³-hybridized carbons (Fsp3) is 0.429. The van der Waals surface area contributed by atoms with Crippen LogP contribution in [-0.2, 0) is 8.85 Å². The minimum absolute atomic E-state index is 1.12. The summed E-state index contributed by atoms with van der Waals surface area (Å²) in [6.45, 7) is 8.95. The van der Waals surface area contributed by atoms with E-state index in [0.717, 1.165) is 5.70 Å². The van der Waals surface area contributed by atoms with Crippen LogP contribution in [0, 0.1) is 0 Å². The first kappa shape index (κ1) is 16.2. The number of nitrogens with one attached hydrogen (secondary N) is 1. The molecule has 0 saturated heterocycles. The number of hydrogen-bond donors (Lipinski definition) is 1. The van der Waals surface area contributed by atoms with E-state index in [2.05, 4.69) is 42.5 Å². The van der Waals surface area contributed by atoms with Crippen LogP contribution in [0.1, 0.15) is 5.56 Å². The van der Waals surface area contributed by atoms with Gasteiger partial charge < -0.3 is 13.8 Å². The molecule has 0 spiro atoms. The summed E-state index contributed by atoms with van der Waals surface area (Å²) >= 11 is 0. The van der Waals surface area contributed by atoms with E-state index in [0.29, 0.717) is 0 Å². The van der Waals surface area contributed by atoms with E-state index in [-0.39, 0.29) is 0 Å². The molecule has 0 saturated carbocycles. The lowest BCUT2D eigenvalue weighted by atomic mass is 10.2. The third kappa shape index (κ3) is 5.32. The van der Waals surface area contributed by atoms with Crippen molar-refractivity contribution in [2.75, 3.05) is 14.2 Å². The van der Waals surface area contributed by atoms with Crippen molar-refractivity contribution in [3.8, 4) is 0 Å². The normalized spacial score (nSPS) is 13.5. The predicted molar refractivity (Wildman–Crippen MR) is 86.5 cm³/mol. The first-order valence-electron chi connectivity index (χ1n) is 6.46. The van der Waals surface area contributed by atoms with Crippen LogP contribution in [0.15, 0.2) is 36.0 Å². The minimum atomic E-state index is -2.34. The zero-order valence-electron chi connectivity index (χ0n) is 12.8. The van der Waals surface area contributed by atoms with Gasteiger partial charge in [0.25, 0.3) is 0 Å². The Morgan fingerprint density at radius 1 is 1.00 bits per heavy atom. The summed E-state index contributed by atoms with van der Waals surface area (Å²) < 4.78 is 11.1. The molecule has 0 aliphatic rings. The molecular formula is C14H25NO2Si2. The van der Waals surface area contributed by atoms with Crippen molar-refractivity contribution in [2.24, 2.45) is 0 Å². The monoisotopic (exact) mass is 295 g/mol. The largest absolute Gasteiger partial charge is 0.453 e. The minimum Gasteiger partial charge on any atom is -0.382 e. The Kier molecular flexibility index (Phi) is 5.55. The molecule has 106 valence electrons. The highest BCUT2D eigenvalue weighted by molar-refractivity contribution is 6.82. The van der Waals surface area contributed by atoms with E-state index >= 15 is 0 Å². The van der Waals surface area contributed by atoms with E-state index < -0.39 is 16.8 Å². The van der Waals surface area contributed by atoms with Crippen LogP contribution < -0.4 is 4.98 Å². The summed E-state index contributed by atoms with van der Waals surface area (Å²) in [6.07, 6.45) is 0. The fourth-order valence-corrected chi connectivity index (χ4v) is 4.00. The SMILES string of the molecule is CO[Si](C)(N/C(=C/[Si](C)(C)C)c1ccccc1)OC. The van der Waals surface area contributed by atoms with Crippen molar-refractivity contribution in [1.29, 1.82) is 0 Å². The first-order valence-corrected chi connectivity index (χ1v) is 12.4. The summed E-state index contributed by atoms with van der Waals surface area (Å²) in [4.78, 5) is 3.49. The van der Waals surface area contributed by atoms with Crippen LogP contribution in [-0.4, -0.2) is 31.0 Å². The summed E-state index contributed by atoms with van der Waals surface area (Å²) in [5.41, 5.74) is 4.65. The second-order valence-electron chi connectivity index (χ2n) is 5.77. The molecule has 0 heterocycles. The van der Waals surface area contributed by atoms with Crippen LogP contribution in [0.25, 0.3) is 5.70 Å². The molecular weight excluding hydrogens is 270 g/mol. The molecule has 3 nitrogen and oxygen atoms in total. The van der Waals surface area contributed by atoms with Crippen molar-refractivity contribution in [1.82, 2.24) is 4.98 Å². The third-order valence-electron chi connectivity index (χ3n) is 2.80. The number of benzene rings is 1.